The van der Waals surface area contributed by atoms with Crippen LogP contribution in [0.5, 0.6) is 0 Å². The fourth-order valence-electron chi connectivity index (χ4n) is 1.91. The summed E-state index contributed by atoms with van der Waals surface area (Å²) in [7, 11) is 0. The van der Waals surface area contributed by atoms with E-state index in [0.717, 1.165) is 22.3 Å². The third-order valence-electron chi connectivity index (χ3n) is 2.78. The van der Waals surface area contributed by atoms with Gasteiger partial charge in [0.15, 0.2) is 0 Å². The molecule has 0 aliphatic heterocycles. The van der Waals surface area contributed by atoms with Gasteiger partial charge in [0, 0.05) is 22.8 Å². The van der Waals surface area contributed by atoms with Crippen LogP contribution in [0.2, 0.25) is 0 Å². The lowest BCUT2D eigenvalue weighted by atomic mass is 10.1. The first-order valence-corrected chi connectivity index (χ1v) is 5.38. The Morgan fingerprint density at radius 2 is 2.06 bits per heavy atom. The highest BCUT2D eigenvalue weighted by Gasteiger charge is 2.04. The van der Waals surface area contributed by atoms with Crippen molar-refractivity contribution in [2.75, 3.05) is 0 Å². The van der Waals surface area contributed by atoms with Gasteiger partial charge >= 0.3 is 0 Å². The van der Waals surface area contributed by atoms with E-state index in [9.17, 15) is 4.79 Å². The molecule has 0 radical (unpaired) electrons. The zero-order valence-electron chi connectivity index (χ0n) is 9.32. The Balaban J connectivity index is 2.26. The molecule has 4 heteroatoms. The van der Waals surface area contributed by atoms with Gasteiger partial charge in [0.25, 0.3) is 5.56 Å². The average molecular weight is 225 g/mol. The molecule has 0 saturated carbocycles. The van der Waals surface area contributed by atoms with Gasteiger partial charge in [-0.2, -0.15) is 5.10 Å². The molecular weight excluding hydrogens is 214 g/mol. The number of H-pyrrole nitrogens is 2. The molecule has 4 nitrogen and oxygen atoms in total. The number of hydrogen-bond acceptors (Lipinski definition) is 2. The third-order valence-corrected chi connectivity index (χ3v) is 2.78. The van der Waals surface area contributed by atoms with Crippen LogP contribution in [0, 0.1) is 6.92 Å². The van der Waals surface area contributed by atoms with E-state index in [4.69, 9.17) is 0 Å². The van der Waals surface area contributed by atoms with Gasteiger partial charge in [0.2, 0.25) is 0 Å². The van der Waals surface area contributed by atoms with E-state index >= 15 is 0 Å². The van der Waals surface area contributed by atoms with E-state index in [0.29, 0.717) is 5.39 Å². The second kappa shape index (κ2) is 3.59. The number of aryl methyl sites for hydroxylation is 1. The lowest BCUT2D eigenvalue weighted by Gasteiger charge is -1.99. The molecule has 0 aliphatic carbocycles. The Kier molecular flexibility index (Phi) is 2.08. The van der Waals surface area contributed by atoms with Crippen LogP contribution in [0.1, 0.15) is 5.69 Å². The first-order valence-electron chi connectivity index (χ1n) is 5.38. The largest absolute Gasteiger partial charge is 0.329 e. The SMILES string of the molecule is Cc1cc(-c2ccc3cc[nH]c(=O)c3c2)n[nH]1. The maximum Gasteiger partial charge on any atom is 0.255 e. The predicted molar refractivity (Wildman–Crippen MR) is 66.9 cm³/mol. The molecule has 2 N–H and O–H groups in total. The van der Waals surface area contributed by atoms with Crippen molar-refractivity contribution in [2.24, 2.45) is 0 Å². The highest BCUT2D eigenvalue weighted by atomic mass is 16.1. The quantitative estimate of drug-likeness (QED) is 0.667. The van der Waals surface area contributed by atoms with Crippen LogP contribution in [0.3, 0.4) is 0 Å². The molecule has 2 heterocycles. The smallest absolute Gasteiger partial charge is 0.255 e. The number of aromatic nitrogens is 3. The molecule has 0 aliphatic rings. The standard InChI is InChI=1S/C13H11N3O/c1-8-6-12(16-15-8)10-3-2-9-4-5-14-13(17)11(9)7-10/h2-7H,1H3,(H,14,17)(H,15,16). The Labute approximate surface area is 97.3 Å². The van der Waals surface area contributed by atoms with Crippen LogP contribution in [0.4, 0.5) is 0 Å². The van der Waals surface area contributed by atoms with E-state index in [1.54, 1.807) is 6.20 Å². The first kappa shape index (κ1) is 9.84. The predicted octanol–water partition coefficient (Wildman–Crippen LogP) is 2.23. The molecule has 0 unspecified atom stereocenters. The second-order valence-electron chi connectivity index (χ2n) is 4.05. The molecule has 17 heavy (non-hydrogen) atoms. The number of nitrogens with one attached hydrogen (secondary N) is 2. The molecular formula is C13H11N3O. The summed E-state index contributed by atoms with van der Waals surface area (Å²) in [4.78, 5) is 14.4. The van der Waals surface area contributed by atoms with Crippen LogP contribution in [-0.4, -0.2) is 15.2 Å². The lowest BCUT2D eigenvalue weighted by molar-refractivity contribution is 1.05. The normalized spacial score (nSPS) is 10.9. The fraction of sp³-hybridized carbons (Fsp3) is 0.0769. The topological polar surface area (TPSA) is 61.5 Å². The third kappa shape index (κ3) is 1.63. The van der Waals surface area contributed by atoms with E-state index < -0.39 is 0 Å². The number of aromatic amines is 2. The zero-order valence-corrected chi connectivity index (χ0v) is 9.32. The van der Waals surface area contributed by atoms with Crippen LogP contribution in [0.25, 0.3) is 22.0 Å². The molecule has 0 bridgehead atoms. The maximum atomic E-state index is 11.7. The summed E-state index contributed by atoms with van der Waals surface area (Å²) < 4.78 is 0. The fourth-order valence-corrected chi connectivity index (χ4v) is 1.91. The van der Waals surface area contributed by atoms with Crippen molar-refractivity contribution < 1.29 is 0 Å². The monoisotopic (exact) mass is 225 g/mol. The molecule has 0 fully saturated rings. The summed E-state index contributed by atoms with van der Waals surface area (Å²) in [5.74, 6) is 0. The van der Waals surface area contributed by atoms with Gasteiger partial charge in [-0.3, -0.25) is 9.89 Å². The van der Waals surface area contributed by atoms with E-state index in [2.05, 4.69) is 15.2 Å². The van der Waals surface area contributed by atoms with Gasteiger partial charge in [-0.1, -0.05) is 12.1 Å². The Morgan fingerprint density at radius 1 is 1.18 bits per heavy atom. The zero-order chi connectivity index (χ0) is 11.8. The number of hydrogen-bond donors (Lipinski definition) is 2. The molecule has 84 valence electrons. The van der Waals surface area contributed by atoms with Crippen molar-refractivity contribution in [2.45, 2.75) is 6.92 Å². The van der Waals surface area contributed by atoms with Gasteiger partial charge < -0.3 is 4.98 Å². The molecule has 0 spiro atoms. The van der Waals surface area contributed by atoms with Gasteiger partial charge in [0.05, 0.1) is 5.69 Å². The number of pyridine rings is 1. The highest BCUT2D eigenvalue weighted by Crippen LogP contribution is 2.21. The molecule has 1 aromatic carbocycles. The summed E-state index contributed by atoms with van der Waals surface area (Å²) in [6.07, 6.45) is 1.66. The summed E-state index contributed by atoms with van der Waals surface area (Å²) in [5, 5.41) is 8.70. The van der Waals surface area contributed by atoms with Crippen molar-refractivity contribution in [3.8, 4) is 11.3 Å². The number of rotatable bonds is 1. The first-order chi connectivity index (χ1) is 8.24. The summed E-state index contributed by atoms with van der Waals surface area (Å²) >= 11 is 0. The minimum atomic E-state index is -0.0726. The van der Waals surface area contributed by atoms with Gasteiger partial charge in [-0.15, -0.1) is 0 Å². The van der Waals surface area contributed by atoms with E-state index in [1.165, 1.54) is 0 Å². The van der Waals surface area contributed by atoms with Crippen molar-refractivity contribution in [3.63, 3.8) is 0 Å². The van der Waals surface area contributed by atoms with Crippen molar-refractivity contribution >= 4 is 10.8 Å². The van der Waals surface area contributed by atoms with Crippen LogP contribution < -0.4 is 5.56 Å². The number of benzene rings is 1. The van der Waals surface area contributed by atoms with Crippen molar-refractivity contribution in [1.29, 1.82) is 0 Å². The highest BCUT2D eigenvalue weighted by molar-refractivity contribution is 5.85. The number of fused-ring (bicyclic) bond motifs is 1. The summed E-state index contributed by atoms with van der Waals surface area (Å²) in [6.45, 7) is 1.95. The van der Waals surface area contributed by atoms with Gasteiger partial charge in [-0.25, -0.2) is 0 Å². The summed E-state index contributed by atoms with van der Waals surface area (Å²) in [5.41, 5.74) is 2.73. The minimum absolute atomic E-state index is 0.0726. The summed E-state index contributed by atoms with van der Waals surface area (Å²) in [6, 6.07) is 9.61. The molecule has 0 saturated heterocycles. The van der Waals surface area contributed by atoms with E-state index in [-0.39, 0.29) is 5.56 Å². The molecule has 0 amide bonds. The average Bonchev–Trinajstić information content (AvgIpc) is 2.76. The number of nitrogens with zero attached hydrogens (tertiary/aromatic N) is 1. The second-order valence-corrected chi connectivity index (χ2v) is 4.05. The van der Waals surface area contributed by atoms with Crippen molar-refractivity contribution in [3.05, 3.63) is 52.6 Å². The molecule has 3 rings (SSSR count). The Morgan fingerprint density at radius 3 is 2.82 bits per heavy atom. The van der Waals surface area contributed by atoms with Gasteiger partial charge in [0.1, 0.15) is 0 Å². The molecule has 0 atom stereocenters. The lowest BCUT2D eigenvalue weighted by Crippen LogP contribution is -2.04. The minimum Gasteiger partial charge on any atom is -0.329 e. The maximum absolute atomic E-state index is 11.7. The van der Waals surface area contributed by atoms with Crippen molar-refractivity contribution in [1.82, 2.24) is 15.2 Å². The molecule has 2 aromatic heterocycles. The van der Waals surface area contributed by atoms with Crippen LogP contribution in [-0.2, 0) is 0 Å². The van der Waals surface area contributed by atoms with Crippen LogP contribution >= 0.6 is 0 Å². The Hall–Kier alpha value is -2.36. The van der Waals surface area contributed by atoms with E-state index in [1.807, 2.05) is 37.3 Å². The van der Waals surface area contributed by atoms with Gasteiger partial charge in [-0.05, 0) is 30.5 Å². The Bertz CT molecular complexity index is 740. The van der Waals surface area contributed by atoms with Crippen LogP contribution in [0.15, 0.2) is 41.3 Å². The molecule has 3 aromatic rings.